The summed E-state index contributed by atoms with van der Waals surface area (Å²) >= 11 is 6.12. The topological polar surface area (TPSA) is 79.7 Å². The van der Waals surface area contributed by atoms with Gasteiger partial charge in [-0.1, -0.05) is 17.7 Å². The van der Waals surface area contributed by atoms with Crippen LogP contribution in [0.4, 0.5) is 5.69 Å². The van der Waals surface area contributed by atoms with Gasteiger partial charge in [-0.15, -0.1) is 0 Å². The summed E-state index contributed by atoms with van der Waals surface area (Å²) in [6.45, 7) is 5.56. The summed E-state index contributed by atoms with van der Waals surface area (Å²) in [5.41, 5.74) is 3.95. The Balaban J connectivity index is 2.02. The number of pyridine rings is 1. The molecule has 1 aliphatic rings. The number of hydrogen-bond acceptors (Lipinski definition) is 5. The molecule has 168 valence electrons. The molecule has 3 aromatic rings. The highest BCUT2D eigenvalue weighted by Gasteiger charge is 2.47. The first-order chi connectivity index (χ1) is 15.7. The molecule has 0 radical (unpaired) electrons. The van der Waals surface area contributed by atoms with Crippen LogP contribution in [0.1, 0.15) is 33.9 Å². The molecule has 6 nitrogen and oxygen atoms in total. The summed E-state index contributed by atoms with van der Waals surface area (Å²) in [6.07, 6.45) is 3.17. The van der Waals surface area contributed by atoms with Crippen LogP contribution >= 0.6 is 11.6 Å². The van der Waals surface area contributed by atoms with Gasteiger partial charge in [0.25, 0.3) is 11.7 Å². The molecule has 1 amide bonds. The van der Waals surface area contributed by atoms with E-state index in [9.17, 15) is 14.7 Å². The van der Waals surface area contributed by atoms with Crippen molar-refractivity contribution in [2.75, 3.05) is 12.0 Å². The van der Waals surface area contributed by atoms with Gasteiger partial charge in [0.15, 0.2) is 0 Å². The van der Waals surface area contributed by atoms with Gasteiger partial charge in [-0.2, -0.15) is 0 Å². The minimum Gasteiger partial charge on any atom is -0.507 e. The van der Waals surface area contributed by atoms with E-state index in [1.54, 1.807) is 48.8 Å². The molecule has 1 aliphatic heterocycles. The van der Waals surface area contributed by atoms with Crippen molar-refractivity contribution in [1.29, 1.82) is 0 Å². The minimum absolute atomic E-state index is 0.0103. The highest BCUT2D eigenvalue weighted by molar-refractivity contribution is 6.52. The highest BCUT2D eigenvalue weighted by atomic mass is 35.5. The molecular formula is C26H23ClN2O4. The molecule has 1 atom stereocenters. The molecule has 1 N–H and O–H groups in total. The van der Waals surface area contributed by atoms with E-state index in [-0.39, 0.29) is 11.3 Å². The Kier molecular flexibility index (Phi) is 5.95. The summed E-state index contributed by atoms with van der Waals surface area (Å²) in [5.74, 6) is -1.34. The fourth-order valence-electron chi connectivity index (χ4n) is 4.38. The van der Waals surface area contributed by atoms with Gasteiger partial charge >= 0.3 is 0 Å². The SMILES string of the molecule is COc1c(C)cc(C)cc1/C(O)=C1\C(=O)C(=O)N(c2ccc(Cl)cc2C)C1c1ccncc1. The van der Waals surface area contributed by atoms with E-state index < -0.39 is 17.7 Å². The molecular weight excluding hydrogens is 440 g/mol. The zero-order chi connectivity index (χ0) is 23.9. The number of carbonyl (C=O) groups is 2. The van der Waals surface area contributed by atoms with Crippen LogP contribution < -0.4 is 9.64 Å². The maximum absolute atomic E-state index is 13.3. The number of hydrogen-bond donors (Lipinski definition) is 1. The summed E-state index contributed by atoms with van der Waals surface area (Å²) in [5, 5.41) is 12.0. The number of amides is 1. The summed E-state index contributed by atoms with van der Waals surface area (Å²) in [7, 11) is 1.50. The first kappa shape index (κ1) is 22.6. The lowest BCUT2D eigenvalue weighted by Gasteiger charge is -2.27. The first-order valence-corrected chi connectivity index (χ1v) is 10.7. The van der Waals surface area contributed by atoms with Gasteiger partial charge in [0.1, 0.15) is 11.5 Å². The van der Waals surface area contributed by atoms with Crippen molar-refractivity contribution in [3.05, 3.63) is 93.3 Å². The van der Waals surface area contributed by atoms with E-state index in [1.165, 1.54) is 12.0 Å². The van der Waals surface area contributed by atoms with E-state index in [4.69, 9.17) is 16.3 Å². The molecule has 2 aromatic carbocycles. The van der Waals surface area contributed by atoms with Crippen LogP contribution in [-0.2, 0) is 9.59 Å². The van der Waals surface area contributed by atoms with Gasteiger partial charge in [0.2, 0.25) is 0 Å². The Morgan fingerprint density at radius 2 is 1.73 bits per heavy atom. The van der Waals surface area contributed by atoms with Crippen molar-refractivity contribution >= 4 is 34.7 Å². The van der Waals surface area contributed by atoms with Crippen molar-refractivity contribution in [3.8, 4) is 5.75 Å². The number of methoxy groups -OCH3 is 1. The standard InChI is InChI=1S/C26H23ClN2O4/c1-14-11-16(3)25(33-4)19(12-14)23(30)21-22(17-7-9-28-10-8-17)29(26(32)24(21)31)20-6-5-18(27)13-15(20)2/h5-13,22,30H,1-4H3/b23-21+. The highest BCUT2D eigenvalue weighted by Crippen LogP contribution is 2.44. The smallest absolute Gasteiger partial charge is 0.300 e. The first-order valence-electron chi connectivity index (χ1n) is 10.4. The normalized spacial score (nSPS) is 17.5. The second kappa shape index (κ2) is 8.71. The van der Waals surface area contributed by atoms with E-state index in [0.29, 0.717) is 27.6 Å². The summed E-state index contributed by atoms with van der Waals surface area (Å²) in [6, 6.07) is 11.4. The van der Waals surface area contributed by atoms with Crippen molar-refractivity contribution in [3.63, 3.8) is 0 Å². The molecule has 33 heavy (non-hydrogen) atoms. The molecule has 0 bridgehead atoms. The number of rotatable bonds is 4. The van der Waals surface area contributed by atoms with Gasteiger partial charge in [0, 0.05) is 23.1 Å². The molecule has 1 fully saturated rings. The molecule has 1 saturated heterocycles. The number of carbonyl (C=O) groups excluding carboxylic acids is 2. The van der Waals surface area contributed by atoms with Crippen molar-refractivity contribution in [2.45, 2.75) is 26.8 Å². The number of ether oxygens (including phenoxy) is 1. The predicted molar refractivity (Wildman–Crippen MR) is 128 cm³/mol. The number of Topliss-reactive ketones (excluding diaryl/α,β-unsaturated/α-hetero) is 1. The third-order valence-electron chi connectivity index (χ3n) is 5.76. The van der Waals surface area contributed by atoms with Crippen molar-refractivity contribution in [1.82, 2.24) is 4.98 Å². The number of aryl methyl sites for hydroxylation is 3. The van der Waals surface area contributed by atoms with Crippen LogP contribution in [-0.4, -0.2) is 28.9 Å². The number of anilines is 1. The molecule has 4 rings (SSSR count). The van der Waals surface area contributed by atoms with Gasteiger partial charge in [-0.3, -0.25) is 19.5 Å². The number of aromatic nitrogens is 1. The maximum atomic E-state index is 13.3. The number of ketones is 1. The monoisotopic (exact) mass is 462 g/mol. The number of nitrogens with zero attached hydrogens (tertiary/aromatic N) is 2. The fraction of sp³-hybridized carbons (Fsp3) is 0.192. The van der Waals surface area contributed by atoms with Gasteiger partial charge in [0.05, 0.1) is 24.3 Å². The zero-order valence-electron chi connectivity index (χ0n) is 18.7. The van der Waals surface area contributed by atoms with Crippen LogP contribution in [0.25, 0.3) is 5.76 Å². The zero-order valence-corrected chi connectivity index (χ0v) is 19.5. The van der Waals surface area contributed by atoms with E-state index >= 15 is 0 Å². The second-order valence-electron chi connectivity index (χ2n) is 8.04. The van der Waals surface area contributed by atoms with Gasteiger partial charge in [-0.05, 0) is 79.4 Å². The quantitative estimate of drug-likeness (QED) is 0.323. The Hall–Kier alpha value is -3.64. The van der Waals surface area contributed by atoms with Gasteiger partial charge < -0.3 is 9.84 Å². The van der Waals surface area contributed by atoms with Crippen LogP contribution in [0.2, 0.25) is 5.02 Å². The summed E-state index contributed by atoms with van der Waals surface area (Å²) in [4.78, 5) is 32.1. The maximum Gasteiger partial charge on any atom is 0.300 e. The lowest BCUT2D eigenvalue weighted by Crippen LogP contribution is -2.30. The third kappa shape index (κ3) is 3.87. The minimum atomic E-state index is -0.849. The van der Waals surface area contributed by atoms with Crippen LogP contribution in [0.15, 0.2) is 60.4 Å². The molecule has 1 unspecified atom stereocenters. The van der Waals surface area contributed by atoms with Crippen molar-refractivity contribution < 1.29 is 19.4 Å². The molecule has 7 heteroatoms. The Morgan fingerprint density at radius 1 is 1.03 bits per heavy atom. The number of benzene rings is 2. The average Bonchev–Trinajstić information content (AvgIpc) is 3.04. The molecule has 0 aliphatic carbocycles. The molecule has 0 spiro atoms. The van der Waals surface area contributed by atoms with Crippen LogP contribution in [0, 0.1) is 20.8 Å². The predicted octanol–water partition coefficient (Wildman–Crippen LogP) is 5.30. The lowest BCUT2D eigenvalue weighted by atomic mass is 9.94. The van der Waals surface area contributed by atoms with Crippen LogP contribution in [0.5, 0.6) is 5.75 Å². The Labute approximate surface area is 197 Å². The molecule has 0 saturated carbocycles. The van der Waals surface area contributed by atoms with E-state index in [1.807, 2.05) is 26.8 Å². The largest absolute Gasteiger partial charge is 0.507 e. The Morgan fingerprint density at radius 3 is 2.36 bits per heavy atom. The van der Waals surface area contributed by atoms with Crippen molar-refractivity contribution in [2.24, 2.45) is 0 Å². The van der Waals surface area contributed by atoms with E-state index in [0.717, 1.165) is 16.7 Å². The molecule has 2 heterocycles. The number of aliphatic hydroxyl groups is 1. The van der Waals surface area contributed by atoms with Gasteiger partial charge in [-0.25, -0.2) is 0 Å². The van der Waals surface area contributed by atoms with E-state index in [2.05, 4.69) is 4.98 Å². The molecule has 1 aromatic heterocycles. The van der Waals surface area contributed by atoms with Crippen LogP contribution in [0.3, 0.4) is 0 Å². The average molecular weight is 463 g/mol. The summed E-state index contributed by atoms with van der Waals surface area (Å²) < 4.78 is 5.53. The third-order valence-corrected chi connectivity index (χ3v) is 6.00. The number of halogens is 1. The lowest BCUT2D eigenvalue weighted by molar-refractivity contribution is -0.132. The number of aliphatic hydroxyl groups excluding tert-OH is 1. The fourth-order valence-corrected chi connectivity index (χ4v) is 4.60. The second-order valence-corrected chi connectivity index (χ2v) is 8.48. The Bertz CT molecular complexity index is 1300.